The van der Waals surface area contributed by atoms with Gasteiger partial charge in [-0.05, 0) is 11.1 Å². The molecule has 0 spiro atoms. The van der Waals surface area contributed by atoms with Crippen LogP contribution in [0.1, 0.15) is 17.2 Å². The summed E-state index contributed by atoms with van der Waals surface area (Å²) in [6.07, 6.45) is 4.17. The second-order valence-electron chi connectivity index (χ2n) is 4.70. The van der Waals surface area contributed by atoms with Crippen molar-refractivity contribution in [3.63, 3.8) is 0 Å². The van der Waals surface area contributed by atoms with E-state index in [0.29, 0.717) is 0 Å². The largest absolute Gasteiger partial charge is 0.379 e. The van der Waals surface area contributed by atoms with E-state index in [9.17, 15) is 10.1 Å². The number of benzene rings is 1. The van der Waals surface area contributed by atoms with Crippen LogP contribution < -0.4 is 0 Å². The van der Waals surface area contributed by atoms with Crippen LogP contribution in [0.15, 0.2) is 42.7 Å². The van der Waals surface area contributed by atoms with Gasteiger partial charge in [0.2, 0.25) is 0 Å². The summed E-state index contributed by atoms with van der Waals surface area (Å²) in [6, 6.07) is 9.67. The van der Waals surface area contributed by atoms with Crippen LogP contribution in [0.5, 0.6) is 0 Å². The van der Waals surface area contributed by atoms with Gasteiger partial charge in [0.1, 0.15) is 0 Å². The van der Waals surface area contributed by atoms with E-state index in [4.69, 9.17) is 4.74 Å². The molecule has 5 heteroatoms. The second-order valence-corrected chi connectivity index (χ2v) is 4.70. The van der Waals surface area contributed by atoms with Crippen molar-refractivity contribution in [1.29, 1.82) is 0 Å². The molecule has 0 saturated heterocycles. The topological polar surface area (TPSA) is 57.3 Å². The summed E-state index contributed by atoms with van der Waals surface area (Å²) in [4.78, 5) is 10.4. The summed E-state index contributed by atoms with van der Waals surface area (Å²) >= 11 is 0. The molecule has 0 amide bonds. The number of hydrogen-bond acceptors (Lipinski definition) is 3. The van der Waals surface area contributed by atoms with Crippen molar-refractivity contribution in [3.8, 4) is 0 Å². The highest BCUT2D eigenvalue weighted by atomic mass is 16.6. The first kappa shape index (κ1) is 11.9. The monoisotopic (exact) mass is 258 g/mol. The van der Waals surface area contributed by atoms with Crippen molar-refractivity contribution < 1.29 is 9.66 Å². The molecule has 0 bridgehead atoms. The van der Waals surface area contributed by atoms with Crippen molar-refractivity contribution in [2.45, 2.75) is 18.6 Å². The fourth-order valence-electron chi connectivity index (χ4n) is 2.78. The quantitative estimate of drug-likeness (QED) is 0.628. The summed E-state index contributed by atoms with van der Waals surface area (Å²) in [5.74, 6) is 0. The number of nitro groups is 1. The van der Waals surface area contributed by atoms with E-state index in [0.717, 1.165) is 6.42 Å². The first-order valence-electron chi connectivity index (χ1n) is 6.13. The Hall–Kier alpha value is -2.14. The summed E-state index contributed by atoms with van der Waals surface area (Å²) < 4.78 is 7.41. The second kappa shape index (κ2) is 4.51. The van der Waals surface area contributed by atoms with E-state index in [2.05, 4.69) is 12.1 Å². The molecular formula is C14H14N2O3. The van der Waals surface area contributed by atoms with E-state index in [-0.39, 0.29) is 22.8 Å². The Morgan fingerprint density at radius 1 is 1.37 bits per heavy atom. The smallest absolute Gasteiger partial charge is 0.286 e. The normalized spacial score (nSPS) is 21.3. The van der Waals surface area contributed by atoms with Gasteiger partial charge in [-0.3, -0.25) is 10.1 Å². The molecule has 2 atom stereocenters. The van der Waals surface area contributed by atoms with Gasteiger partial charge < -0.3 is 9.30 Å². The Kier molecular flexibility index (Phi) is 2.83. The van der Waals surface area contributed by atoms with Gasteiger partial charge >= 0.3 is 0 Å². The molecule has 1 heterocycles. The Morgan fingerprint density at radius 3 is 2.84 bits per heavy atom. The van der Waals surface area contributed by atoms with E-state index in [1.807, 2.05) is 16.7 Å². The van der Waals surface area contributed by atoms with Crippen molar-refractivity contribution in [1.82, 2.24) is 4.57 Å². The summed E-state index contributed by atoms with van der Waals surface area (Å²) in [5, 5.41) is 10.8. The average molecular weight is 258 g/mol. The molecule has 19 heavy (non-hydrogen) atoms. The zero-order valence-electron chi connectivity index (χ0n) is 10.5. The number of rotatable bonds is 3. The minimum atomic E-state index is -0.376. The standard InChI is InChI=1S/C14H14N2O3/c1-19-13-8-10-4-2-3-5-12(10)14(13)15-7-6-11(9-15)16(17)18/h2-7,9,13-14H,8H2,1H3/t13-,14+/m1/s1. The molecule has 1 aliphatic carbocycles. The predicted octanol–water partition coefficient (Wildman–Crippen LogP) is 2.56. The van der Waals surface area contributed by atoms with Crippen molar-refractivity contribution in [3.05, 3.63) is 64.0 Å². The highest BCUT2D eigenvalue weighted by Gasteiger charge is 2.33. The van der Waals surface area contributed by atoms with Crippen LogP contribution >= 0.6 is 0 Å². The first-order chi connectivity index (χ1) is 9.20. The minimum Gasteiger partial charge on any atom is -0.379 e. The summed E-state index contributed by atoms with van der Waals surface area (Å²) in [7, 11) is 1.68. The number of nitrogens with zero attached hydrogens (tertiary/aromatic N) is 2. The van der Waals surface area contributed by atoms with Crippen molar-refractivity contribution in [2.24, 2.45) is 0 Å². The third-order valence-electron chi connectivity index (χ3n) is 3.68. The number of methoxy groups -OCH3 is 1. The molecule has 0 fully saturated rings. The fraction of sp³-hybridized carbons (Fsp3) is 0.286. The molecular weight excluding hydrogens is 244 g/mol. The van der Waals surface area contributed by atoms with Crippen LogP contribution in [0.2, 0.25) is 0 Å². The van der Waals surface area contributed by atoms with Crippen molar-refractivity contribution >= 4 is 5.69 Å². The van der Waals surface area contributed by atoms with Crippen LogP contribution in [-0.4, -0.2) is 22.7 Å². The van der Waals surface area contributed by atoms with Crippen LogP contribution in [0.4, 0.5) is 5.69 Å². The van der Waals surface area contributed by atoms with E-state index in [1.165, 1.54) is 17.2 Å². The lowest BCUT2D eigenvalue weighted by Crippen LogP contribution is -2.22. The Balaban J connectivity index is 2.03. The third kappa shape index (κ3) is 1.92. The zero-order chi connectivity index (χ0) is 13.4. The van der Waals surface area contributed by atoms with Crippen LogP contribution in [0, 0.1) is 10.1 Å². The highest BCUT2D eigenvalue weighted by molar-refractivity contribution is 5.39. The SMILES string of the molecule is CO[C@@H]1Cc2ccccc2[C@@H]1n1ccc([N+](=O)[O-])c1. The Bertz CT molecular complexity index is 621. The maximum absolute atomic E-state index is 10.8. The molecule has 0 saturated carbocycles. The predicted molar refractivity (Wildman–Crippen MR) is 70.2 cm³/mol. The molecule has 0 aliphatic heterocycles. The van der Waals surface area contributed by atoms with Gasteiger partial charge in [0.25, 0.3) is 5.69 Å². The fourth-order valence-corrected chi connectivity index (χ4v) is 2.78. The number of fused-ring (bicyclic) bond motifs is 1. The van der Waals surface area contributed by atoms with Crippen molar-refractivity contribution in [2.75, 3.05) is 7.11 Å². The molecule has 2 aromatic rings. The lowest BCUT2D eigenvalue weighted by molar-refractivity contribution is -0.384. The molecule has 1 aromatic carbocycles. The van der Waals surface area contributed by atoms with E-state index >= 15 is 0 Å². The zero-order valence-corrected chi connectivity index (χ0v) is 10.5. The molecule has 0 radical (unpaired) electrons. The molecule has 1 aromatic heterocycles. The van der Waals surface area contributed by atoms with Gasteiger partial charge in [-0.1, -0.05) is 24.3 Å². The number of aromatic nitrogens is 1. The Morgan fingerprint density at radius 2 is 2.16 bits per heavy atom. The molecule has 98 valence electrons. The molecule has 0 unspecified atom stereocenters. The van der Waals surface area contributed by atoms with Crippen LogP contribution in [-0.2, 0) is 11.2 Å². The van der Waals surface area contributed by atoms with Gasteiger partial charge in [0.05, 0.1) is 23.3 Å². The maximum atomic E-state index is 10.8. The molecule has 3 rings (SSSR count). The van der Waals surface area contributed by atoms with Gasteiger partial charge in [0, 0.05) is 25.8 Å². The molecule has 0 N–H and O–H groups in total. The molecule has 5 nitrogen and oxygen atoms in total. The maximum Gasteiger partial charge on any atom is 0.286 e. The average Bonchev–Trinajstić information content (AvgIpc) is 3.01. The highest BCUT2D eigenvalue weighted by Crippen LogP contribution is 2.36. The van der Waals surface area contributed by atoms with Gasteiger partial charge in [-0.2, -0.15) is 0 Å². The third-order valence-corrected chi connectivity index (χ3v) is 3.68. The summed E-state index contributed by atoms with van der Waals surface area (Å²) in [5.41, 5.74) is 2.54. The molecule has 1 aliphatic rings. The minimum absolute atomic E-state index is 0.00917. The lowest BCUT2D eigenvalue weighted by Gasteiger charge is -2.20. The number of hydrogen-bond donors (Lipinski definition) is 0. The van der Waals surface area contributed by atoms with Crippen LogP contribution in [0.3, 0.4) is 0 Å². The number of ether oxygens (including phenoxy) is 1. The van der Waals surface area contributed by atoms with E-state index in [1.54, 1.807) is 19.5 Å². The van der Waals surface area contributed by atoms with Gasteiger partial charge in [-0.25, -0.2) is 0 Å². The van der Waals surface area contributed by atoms with Gasteiger partial charge in [0.15, 0.2) is 0 Å². The lowest BCUT2D eigenvalue weighted by atomic mass is 10.1. The first-order valence-corrected chi connectivity index (χ1v) is 6.13. The summed E-state index contributed by atoms with van der Waals surface area (Å²) in [6.45, 7) is 0. The van der Waals surface area contributed by atoms with Crippen LogP contribution in [0.25, 0.3) is 0 Å². The van der Waals surface area contributed by atoms with Gasteiger partial charge in [-0.15, -0.1) is 0 Å². The van der Waals surface area contributed by atoms with E-state index < -0.39 is 0 Å². The Labute approximate surface area is 110 Å².